The molecule has 2 atom stereocenters. The third-order valence-electron chi connectivity index (χ3n) is 2.30. The minimum Gasteiger partial charge on any atom is -0.311 e. The fraction of sp³-hybridized carbons (Fsp3) is 1.00. The van der Waals surface area contributed by atoms with Crippen LogP contribution in [-0.2, 0) is 0 Å². The van der Waals surface area contributed by atoms with E-state index >= 15 is 0 Å². The van der Waals surface area contributed by atoms with Crippen molar-refractivity contribution in [2.24, 2.45) is 0 Å². The maximum atomic E-state index is 3.51. The summed E-state index contributed by atoms with van der Waals surface area (Å²) in [6.07, 6.45) is 2.48. The summed E-state index contributed by atoms with van der Waals surface area (Å²) in [6, 6.07) is 1.41. The molecule has 10 heavy (non-hydrogen) atoms. The van der Waals surface area contributed by atoms with Crippen LogP contribution in [0.4, 0.5) is 0 Å². The molecule has 2 heteroatoms. The van der Waals surface area contributed by atoms with Crippen molar-refractivity contribution in [1.29, 1.82) is 0 Å². The minimum atomic E-state index is 0.707. The molecule has 1 fully saturated rings. The average Bonchev–Trinajstić information content (AvgIpc) is 2.04. The lowest BCUT2D eigenvalue weighted by atomic mass is 10.0. The summed E-state index contributed by atoms with van der Waals surface area (Å²) in [4.78, 5) is 0. The molecule has 0 radical (unpaired) electrons. The van der Waals surface area contributed by atoms with Gasteiger partial charge in [0.05, 0.1) is 0 Å². The lowest BCUT2D eigenvalue weighted by Gasteiger charge is -2.32. The lowest BCUT2D eigenvalue weighted by molar-refractivity contribution is 0.307. The Balaban J connectivity index is 2.34. The first-order valence-corrected chi connectivity index (χ1v) is 4.35. The Labute approximate surface area is 63.4 Å². The molecule has 0 unspecified atom stereocenters. The summed E-state index contributed by atoms with van der Waals surface area (Å²) >= 11 is 0. The molecule has 0 aromatic heterocycles. The van der Waals surface area contributed by atoms with E-state index in [0.717, 1.165) is 13.1 Å². The predicted octanol–water partition coefficient (Wildman–Crippen LogP) is 0.736. The third-order valence-corrected chi connectivity index (χ3v) is 2.30. The van der Waals surface area contributed by atoms with E-state index in [-0.39, 0.29) is 0 Å². The standard InChI is InChI=1S/C8H18N2/c1-3-7-8(4-2)10-6-5-9-7/h7-10H,3-6H2,1-2H3/t7-,8-/m1/s1. The maximum Gasteiger partial charge on any atom is 0.0219 e. The molecule has 0 bridgehead atoms. The molecule has 0 aliphatic carbocycles. The molecule has 1 aliphatic rings. The molecule has 60 valence electrons. The van der Waals surface area contributed by atoms with Gasteiger partial charge < -0.3 is 10.6 Å². The van der Waals surface area contributed by atoms with Crippen molar-refractivity contribution < 1.29 is 0 Å². The van der Waals surface area contributed by atoms with Gasteiger partial charge in [-0.15, -0.1) is 0 Å². The van der Waals surface area contributed by atoms with E-state index in [1.807, 2.05) is 0 Å². The Bertz CT molecular complexity index is 81.3. The monoisotopic (exact) mass is 142 g/mol. The van der Waals surface area contributed by atoms with Crippen LogP contribution in [0.3, 0.4) is 0 Å². The Morgan fingerprint density at radius 2 is 1.40 bits per heavy atom. The third kappa shape index (κ3) is 1.70. The zero-order valence-corrected chi connectivity index (χ0v) is 6.98. The fourth-order valence-corrected chi connectivity index (χ4v) is 1.66. The Morgan fingerprint density at radius 1 is 1.00 bits per heavy atom. The highest BCUT2D eigenvalue weighted by Crippen LogP contribution is 2.05. The molecule has 2 nitrogen and oxygen atoms in total. The van der Waals surface area contributed by atoms with E-state index in [4.69, 9.17) is 0 Å². The second-order valence-electron chi connectivity index (χ2n) is 2.94. The second-order valence-corrected chi connectivity index (χ2v) is 2.94. The summed E-state index contributed by atoms with van der Waals surface area (Å²) in [5.41, 5.74) is 0. The lowest BCUT2D eigenvalue weighted by Crippen LogP contribution is -2.55. The van der Waals surface area contributed by atoms with Crippen LogP contribution in [0.2, 0.25) is 0 Å². The summed E-state index contributed by atoms with van der Waals surface area (Å²) in [5.74, 6) is 0. The van der Waals surface area contributed by atoms with Crippen LogP contribution in [-0.4, -0.2) is 25.2 Å². The predicted molar refractivity (Wildman–Crippen MR) is 44.2 cm³/mol. The average molecular weight is 142 g/mol. The van der Waals surface area contributed by atoms with Crippen LogP contribution in [0, 0.1) is 0 Å². The van der Waals surface area contributed by atoms with Crippen LogP contribution in [0.5, 0.6) is 0 Å². The number of piperazine rings is 1. The minimum absolute atomic E-state index is 0.707. The highest BCUT2D eigenvalue weighted by molar-refractivity contribution is 4.84. The summed E-state index contributed by atoms with van der Waals surface area (Å²) in [7, 11) is 0. The zero-order chi connectivity index (χ0) is 7.40. The quantitative estimate of drug-likeness (QED) is 0.594. The van der Waals surface area contributed by atoms with Gasteiger partial charge in [-0.05, 0) is 12.8 Å². The van der Waals surface area contributed by atoms with Gasteiger partial charge in [0.2, 0.25) is 0 Å². The van der Waals surface area contributed by atoms with Gasteiger partial charge >= 0.3 is 0 Å². The molecule has 0 saturated carbocycles. The first-order chi connectivity index (χ1) is 4.88. The van der Waals surface area contributed by atoms with Gasteiger partial charge in [-0.1, -0.05) is 13.8 Å². The summed E-state index contributed by atoms with van der Waals surface area (Å²) in [6.45, 7) is 6.75. The van der Waals surface area contributed by atoms with E-state index in [9.17, 15) is 0 Å². The Morgan fingerprint density at radius 3 is 1.70 bits per heavy atom. The van der Waals surface area contributed by atoms with Gasteiger partial charge in [-0.3, -0.25) is 0 Å². The number of hydrogen-bond acceptors (Lipinski definition) is 2. The summed E-state index contributed by atoms with van der Waals surface area (Å²) in [5, 5.41) is 7.01. The second kappa shape index (κ2) is 3.94. The molecule has 2 N–H and O–H groups in total. The molecular formula is C8H18N2. The summed E-state index contributed by atoms with van der Waals surface area (Å²) < 4.78 is 0. The van der Waals surface area contributed by atoms with Crippen molar-refractivity contribution in [3.8, 4) is 0 Å². The largest absolute Gasteiger partial charge is 0.311 e. The van der Waals surface area contributed by atoms with E-state index in [2.05, 4.69) is 24.5 Å². The molecule has 0 aromatic rings. The van der Waals surface area contributed by atoms with Crippen LogP contribution >= 0.6 is 0 Å². The number of rotatable bonds is 2. The SMILES string of the molecule is CC[C@H]1NCCN[C@@H]1CC. The van der Waals surface area contributed by atoms with Crippen LogP contribution in [0.1, 0.15) is 26.7 Å². The van der Waals surface area contributed by atoms with Crippen molar-refractivity contribution in [1.82, 2.24) is 10.6 Å². The van der Waals surface area contributed by atoms with Crippen molar-refractivity contribution >= 4 is 0 Å². The maximum absolute atomic E-state index is 3.51. The number of nitrogens with one attached hydrogen (secondary N) is 2. The van der Waals surface area contributed by atoms with Gasteiger partial charge in [0.1, 0.15) is 0 Å². The van der Waals surface area contributed by atoms with Crippen LogP contribution < -0.4 is 10.6 Å². The zero-order valence-electron chi connectivity index (χ0n) is 6.98. The molecule has 0 amide bonds. The molecule has 1 saturated heterocycles. The van der Waals surface area contributed by atoms with Crippen molar-refractivity contribution in [3.63, 3.8) is 0 Å². The van der Waals surface area contributed by atoms with Gasteiger partial charge in [-0.25, -0.2) is 0 Å². The van der Waals surface area contributed by atoms with Crippen LogP contribution in [0.25, 0.3) is 0 Å². The Kier molecular flexibility index (Phi) is 3.16. The van der Waals surface area contributed by atoms with Crippen molar-refractivity contribution in [3.05, 3.63) is 0 Å². The van der Waals surface area contributed by atoms with E-state index in [1.165, 1.54) is 12.8 Å². The van der Waals surface area contributed by atoms with E-state index in [0.29, 0.717) is 12.1 Å². The van der Waals surface area contributed by atoms with Gasteiger partial charge in [-0.2, -0.15) is 0 Å². The molecule has 1 aliphatic heterocycles. The normalized spacial score (nSPS) is 34.2. The molecule has 0 aromatic carbocycles. The van der Waals surface area contributed by atoms with E-state index < -0.39 is 0 Å². The Hall–Kier alpha value is -0.0800. The van der Waals surface area contributed by atoms with Crippen molar-refractivity contribution in [2.45, 2.75) is 38.8 Å². The molecular weight excluding hydrogens is 124 g/mol. The molecule has 1 heterocycles. The highest BCUT2D eigenvalue weighted by Gasteiger charge is 2.19. The van der Waals surface area contributed by atoms with Gasteiger partial charge in [0.25, 0.3) is 0 Å². The van der Waals surface area contributed by atoms with Gasteiger partial charge in [0.15, 0.2) is 0 Å². The fourth-order valence-electron chi connectivity index (χ4n) is 1.66. The first-order valence-electron chi connectivity index (χ1n) is 4.35. The molecule has 0 spiro atoms. The van der Waals surface area contributed by atoms with Crippen LogP contribution in [0.15, 0.2) is 0 Å². The smallest absolute Gasteiger partial charge is 0.0219 e. The van der Waals surface area contributed by atoms with Gasteiger partial charge in [0, 0.05) is 25.2 Å². The topological polar surface area (TPSA) is 24.1 Å². The first kappa shape index (κ1) is 8.02. The number of hydrogen-bond donors (Lipinski definition) is 2. The highest BCUT2D eigenvalue weighted by atomic mass is 15.1. The van der Waals surface area contributed by atoms with Crippen molar-refractivity contribution in [2.75, 3.05) is 13.1 Å². The molecule has 1 rings (SSSR count). The van der Waals surface area contributed by atoms with E-state index in [1.54, 1.807) is 0 Å².